The number of aliphatic hydroxyl groups excluding tert-OH is 2. The summed E-state index contributed by atoms with van der Waals surface area (Å²) < 4.78 is 5.74. The number of nitrogens with zero attached hydrogens (tertiary/aromatic N) is 2. The summed E-state index contributed by atoms with van der Waals surface area (Å²) in [5.41, 5.74) is 5.38. The van der Waals surface area contributed by atoms with E-state index in [1.165, 1.54) is 4.90 Å². The number of methoxy groups -OCH3 is 1. The number of hydrogen-bond acceptors (Lipinski definition) is 10. The number of benzene rings is 2. The molecule has 3 aliphatic carbocycles. The van der Waals surface area contributed by atoms with E-state index >= 15 is 0 Å². The van der Waals surface area contributed by atoms with Gasteiger partial charge < -0.3 is 35.8 Å². The van der Waals surface area contributed by atoms with Crippen molar-refractivity contribution in [2.24, 2.45) is 17.6 Å². The standard InChI is InChI=1S/C34H39N3O8/c1-15(2)18-13-19(20-10-16(14-36(3)4)8-9-23(20)45-7)21-11-17-12-22-27(37(5)6)30(40)26(33(35)43)32(42)34(22,44)31(41)24(17)29(39)25(21)28(18)38/h8-10,13,17,22,27,38-39,42,44H,1,11-12,14H2,2-7H3,(H2,35,43)/t17-,22-,27-,34-/m0/s1. The number of phenolic OH excluding ortho intramolecular Hbond substituents is 1. The molecule has 0 radical (unpaired) electrons. The van der Waals surface area contributed by atoms with Crippen LogP contribution >= 0.6 is 0 Å². The van der Waals surface area contributed by atoms with Gasteiger partial charge in [-0.3, -0.25) is 19.3 Å². The second kappa shape index (κ2) is 11.2. The quantitative estimate of drug-likeness (QED) is 0.291. The highest BCUT2D eigenvalue weighted by molar-refractivity contribution is 6.24. The number of phenols is 1. The summed E-state index contributed by atoms with van der Waals surface area (Å²) in [6.07, 6.45) is 0.140. The molecule has 1 saturated carbocycles. The molecule has 238 valence electrons. The Labute approximate surface area is 261 Å². The average molecular weight is 618 g/mol. The number of nitrogens with two attached hydrogens (primary N) is 1. The minimum absolute atomic E-state index is 0.00172. The fourth-order valence-corrected chi connectivity index (χ4v) is 7.31. The summed E-state index contributed by atoms with van der Waals surface area (Å²) in [6, 6.07) is 6.40. The number of likely N-dealkylation sites (N-methyl/N-ethyl adjacent to an activating group) is 1. The monoisotopic (exact) mass is 617 g/mol. The van der Waals surface area contributed by atoms with Gasteiger partial charge in [0.15, 0.2) is 11.4 Å². The van der Waals surface area contributed by atoms with Gasteiger partial charge in [-0.05, 0) is 94.3 Å². The minimum Gasteiger partial charge on any atom is -0.508 e. The summed E-state index contributed by atoms with van der Waals surface area (Å²) in [5.74, 6) is -6.44. The summed E-state index contributed by atoms with van der Waals surface area (Å²) in [6.45, 7) is 6.34. The maximum atomic E-state index is 14.3. The third-order valence-corrected chi connectivity index (χ3v) is 9.23. The summed E-state index contributed by atoms with van der Waals surface area (Å²) >= 11 is 0. The first-order chi connectivity index (χ1) is 21.1. The lowest BCUT2D eigenvalue weighted by molar-refractivity contribution is -0.153. The van der Waals surface area contributed by atoms with Crippen LogP contribution in [0.2, 0.25) is 0 Å². The third-order valence-electron chi connectivity index (χ3n) is 9.23. The van der Waals surface area contributed by atoms with E-state index < -0.39 is 58.0 Å². The lowest BCUT2D eigenvalue weighted by Gasteiger charge is -2.50. The third kappa shape index (κ3) is 4.73. The lowest BCUT2D eigenvalue weighted by Crippen LogP contribution is -2.65. The number of hydrogen-bond donors (Lipinski definition) is 5. The van der Waals surface area contributed by atoms with E-state index in [4.69, 9.17) is 10.5 Å². The molecule has 3 aliphatic rings. The number of Topliss-reactive ketones (excluding diaryl/α,β-unsaturated/α-hetero) is 2. The number of carbonyl (C=O) groups is 3. The van der Waals surface area contributed by atoms with Crippen molar-refractivity contribution in [1.82, 2.24) is 9.80 Å². The molecule has 2 aromatic rings. The Bertz CT molecular complexity index is 1740. The zero-order valence-corrected chi connectivity index (χ0v) is 26.3. The van der Waals surface area contributed by atoms with Gasteiger partial charge in [-0.25, -0.2) is 0 Å². The van der Waals surface area contributed by atoms with Crippen molar-refractivity contribution in [1.29, 1.82) is 0 Å². The van der Waals surface area contributed by atoms with Gasteiger partial charge in [0.25, 0.3) is 5.91 Å². The van der Waals surface area contributed by atoms with Crippen LogP contribution in [0.15, 0.2) is 47.7 Å². The number of aromatic hydroxyl groups is 1. The van der Waals surface area contributed by atoms with Crippen LogP contribution in [-0.2, 0) is 27.3 Å². The average Bonchev–Trinajstić information content (AvgIpc) is 2.94. The summed E-state index contributed by atoms with van der Waals surface area (Å²) in [4.78, 5) is 43.4. The molecule has 4 atom stereocenters. The number of fused-ring (bicyclic) bond motifs is 3. The van der Waals surface area contributed by atoms with Gasteiger partial charge in [0.05, 0.1) is 18.7 Å². The van der Waals surface area contributed by atoms with Crippen molar-refractivity contribution in [3.8, 4) is 22.6 Å². The SMILES string of the molecule is C=C(C)c1cc(-c2cc(CN(C)C)ccc2OC)c2c(c1O)C(O)=C1C(=O)[C@]3(O)C(O)=C(C(N)=O)C(=O)[C@@H](N(C)C)[C@@H]3C[C@@H]1C2. The van der Waals surface area contributed by atoms with E-state index in [2.05, 4.69) is 6.58 Å². The Hall–Kier alpha value is -4.45. The van der Waals surface area contributed by atoms with Gasteiger partial charge in [0, 0.05) is 29.2 Å². The van der Waals surface area contributed by atoms with Crippen LogP contribution in [-0.4, -0.2) is 94.6 Å². The zero-order chi connectivity index (χ0) is 33.3. The van der Waals surface area contributed by atoms with E-state index in [-0.39, 0.29) is 29.7 Å². The first kappa shape index (κ1) is 32.0. The molecular weight excluding hydrogens is 578 g/mol. The second-order valence-corrected chi connectivity index (χ2v) is 12.7. The summed E-state index contributed by atoms with van der Waals surface area (Å²) in [5, 5.41) is 46.4. The van der Waals surface area contributed by atoms with Crippen LogP contribution in [0, 0.1) is 11.8 Å². The van der Waals surface area contributed by atoms with Crippen molar-refractivity contribution in [3.63, 3.8) is 0 Å². The second-order valence-electron chi connectivity index (χ2n) is 12.7. The van der Waals surface area contributed by atoms with E-state index in [1.807, 2.05) is 37.2 Å². The molecule has 1 amide bonds. The minimum atomic E-state index is -2.71. The van der Waals surface area contributed by atoms with E-state index in [9.17, 15) is 34.8 Å². The molecule has 0 unspecified atom stereocenters. The molecule has 0 spiro atoms. The van der Waals surface area contributed by atoms with Crippen molar-refractivity contribution >= 4 is 28.8 Å². The van der Waals surface area contributed by atoms with Crippen molar-refractivity contribution in [2.45, 2.75) is 38.0 Å². The smallest absolute Gasteiger partial charge is 0.255 e. The van der Waals surface area contributed by atoms with Crippen LogP contribution in [0.1, 0.15) is 35.6 Å². The molecule has 2 aromatic carbocycles. The molecule has 11 heteroatoms. The zero-order valence-electron chi connectivity index (χ0n) is 26.3. The van der Waals surface area contributed by atoms with Crippen molar-refractivity contribution in [2.75, 3.05) is 35.3 Å². The Balaban J connectivity index is 1.81. The van der Waals surface area contributed by atoms with Crippen LogP contribution in [0.3, 0.4) is 0 Å². The number of aliphatic hydroxyl groups is 3. The first-order valence-corrected chi connectivity index (χ1v) is 14.6. The molecule has 0 heterocycles. The first-order valence-electron chi connectivity index (χ1n) is 14.6. The lowest BCUT2D eigenvalue weighted by atomic mass is 9.57. The van der Waals surface area contributed by atoms with E-state index in [1.54, 1.807) is 34.2 Å². The molecule has 0 aliphatic heterocycles. The van der Waals surface area contributed by atoms with Crippen LogP contribution in [0.25, 0.3) is 22.5 Å². The number of ether oxygens (including phenoxy) is 1. The highest BCUT2D eigenvalue weighted by Gasteiger charge is 2.64. The molecule has 45 heavy (non-hydrogen) atoms. The Morgan fingerprint density at radius 2 is 1.78 bits per heavy atom. The maximum absolute atomic E-state index is 14.3. The number of ketones is 2. The van der Waals surface area contributed by atoms with Gasteiger partial charge in [0.2, 0.25) is 5.78 Å². The molecule has 6 N–H and O–H groups in total. The van der Waals surface area contributed by atoms with Gasteiger partial charge in [-0.1, -0.05) is 12.6 Å². The largest absolute Gasteiger partial charge is 0.508 e. The molecule has 0 aromatic heterocycles. The van der Waals surface area contributed by atoms with Gasteiger partial charge >= 0.3 is 0 Å². The summed E-state index contributed by atoms with van der Waals surface area (Å²) in [7, 11) is 8.58. The normalized spacial score (nSPS) is 24.5. The van der Waals surface area contributed by atoms with Crippen LogP contribution in [0.5, 0.6) is 11.5 Å². The maximum Gasteiger partial charge on any atom is 0.255 e. The Kier molecular flexibility index (Phi) is 7.93. The number of amides is 1. The predicted molar refractivity (Wildman–Crippen MR) is 168 cm³/mol. The van der Waals surface area contributed by atoms with Crippen LogP contribution < -0.4 is 10.5 Å². The highest BCUT2D eigenvalue weighted by atomic mass is 16.5. The molecule has 11 nitrogen and oxygen atoms in total. The number of carbonyl (C=O) groups excluding carboxylic acids is 3. The molecule has 5 rings (SSSR count). The number of rotatable bonds is 7. The topological polar surface area (TPSA) is 174 Å². The van der Waals surface area contributed by atoms with Gasteiger partial charge in [0.1, 0.15) is 28.6 Å². The molecule has 0 saturated heterocycles. The molecular formula is C34H39N3O8. The molecule has 1 fully saturated rings. The fourth-order valence-electron chi connectivity index (χ4n) is 7.31. The van der Waals surface area contributed by atoms with Crippen molar-refractivity contribution in [3.05, 3.63) is 70.0 Å². The number of allylic oxidation sites excluding steroid dienone is 1. The van der Waals surface area contributed by atoms with Gasteiger partial charge in [-0.2, -0.15) is 0 Å². The fraction of sp³-hybridized carbons (Fsp3) is 0.382. The number of primary amides is 1. The van der Waals surface area contributed by atoms with Crippen molar-refractivity contribution < 1.29 is 39.5 Å². The Morgan fingerprint density at radius 3 is 2.33 bits per heavy atom. The highest BCUT2D eigenvalue weighted by Crippen LogP contribution is 2.55. The van der Waals surface area contributed by atoms with E-state index in [0.717, 1.165) is 5.56 Å². The van der Waals surface area contributed by atoms with E-state index in [0.29, 0.717) is 40.1 Å². The predicted octanol–water partition coefficient (Wildman–Crippen LogP) is 2.73. The van der Waals surface area contributed by atoms with Gasteiger partial charge in [-0.15, -0.1) is 0 Å². The Morgan fingerprint density at radius 1 is 1.11 bits per heavy atom. The van der Waals surface area contributed by atoms with Crippen LogP contribution in [0.4, 0.5) is 0 Å². The molecule has 0 bridgehead atoms.